The van der Waals surface area contributed by atoms with Gasteiger partial charge in [-0.05, 0) is 6.08 Å². The van der Waals surface area contributed by atoms with Gasteiger partial charge in [0.05, 0.1) is 0 Å². The Kier molecular flexibility index (Phi) is 3.70. The molecule has 0 rings (SSSR count). The SMILES string of the molecule is O=P(O)(O)/C=C\C(Cl)(Cl)Cl. The van der Waals surface area contributed by atoms with E-state index in [-0.39, 0.29) is 0 Å². The van der Waals surface area contributed by atoms with E-state index in [9.17, 15) is 4.57 Å². The molecule has 60 valence electrons. The molecule has 0 aliphatic rings. The predicted octanol–water partition coefficient (Wildman–Crippen LogP) is 2.05. The Hall–Kier alpha value is 0.760. The van der Waals surface area contributed by atoms with Crippen LogP contribution in [-0.4, -0.2) is 13.6 Å². The maximum atomic E-state index is 10.1. The Morgan fingerprint density at radius 2 is 1.70 bits per heavy atom. The molecule has 0 aromatic heterocycles. The molecular formula is C3H4Cl3O3P. The van der Waals surface area contributed by atoms with Gasteiger partial charge in [0.25, 0.3) is 0 Å². The number of hydrogen-bond acceptors (Lipinski definition) is 1. The number of hydrogen-bond donors (Lipinski definition) is 2. The van der Waals surface area contributed by atoms with Crippen LogP contribution in [-0.2, 0) is 4.57 Å². The summed E-state index contributed by atoms with van der Waals surface area (Å²) in [4.78, 5) is 16.5. The van der Waals surface area contributed by atoms with Crippen LogP contribution in [0.25, 0.3) is 0 Å². The fourth-order valence-electron chi connectivity index (χ4n) is 0.182. The molecule has 0 spiro atoms. The van der Waals surface area contributed by atoms with E-state index in [4.69, 9.17) is 44.6 Å². The van der Waals surface area contributed by atoms with E-state index in [2.05, 4.69) is 0 Å². The fraction of sp³-hybridized carbons (Fsp3) is 0.333. The van der Waals surface area contributed by atoms with Gasteiger partial charge < -0.3 is 9.79 Å². The van der Waals surface area contributed by atoms with Crippen LogP contribution in [0, 0.1) is 0 Å². The Morgan fingerprint density at radius 3 is 1.80 bits per heavy atom. The molecule has 0 unspecified atom stereocenters. The fourth-order valence-corrected chi connectivity index (χ4v) is 1.05. The van der Waals surface area contributed by atoms with E-state index >= 15 is 0 Å². The summed E-state index contributed by atoms with van der Waals surface area (Å²) in [6.07, 6.45) is 0.804. The summed E-state index contributed by atoms with van der Waals surface area (Å²) in [6.45, 7) is 0. The molecule has 0 aliphatic heterocycles. The molecule has 2 N–H and O–H groups in total. The van der Waals surface area contributed by atoms with Gasteiger partial charge in [0.15, 0.2) is 0 Å². The second kappa shape index (κ2) is 3.44. The van der Waals surface area contributed by atoms with Gasteiger partial charge in [-0.2, -0.15) is 0 Å². The van der Waals surface area contributed by atoms with Gasteiger partial charge in [0.1, 0.15) is 0 Å². The van der Waals surface area contributed by atoms with Crippen LogP contribution in [0.1, 0.15) is 0 Å². The van der Waals surface area contributed by atoms with Crippen LogP contribution in [0.15, 0.2) is 11.9 Å². The summed E-state index contributed by atoms with van der Waals surface area (Å²) < 4.78 is 8.36. The van der Waals surface area contributed by atoms with Crippen molar-refractivity contribution >= 4 is 42.4 Å². The highest BCUT2D eigenvalue weighted by Crippen LogP contribution is 2.39. The third-order valence-corrected chi connectivity index (χ3v) is 1.37. The first-order chi connectivity index (χ1) is 4.21. The number of rotatable bonds is 1. The van der Waals surface area contributed by atoms with E-state index in [1.165, 1.54) is 0 Å². The van der Waals surface area contributed by atoms with E-state index < -0.39 is 11.4 Å². The van der Waals surface area contributed by atoms with E-state index in [1.54, 1.807) is 0 Å². The average Bonchev–Trinajstić information content (AvgIpc) is 1.57. The molecule has 0 aromatic carbocycles. The molecule has 0 heterocycles. The first kappa shape index (κ1) is 10.8. The van der Waals surface area contributed by atoms with E-state index in [1.807, 2.05) is 0 Å². The zero-order chi connectivity index (χ0) is 8.41. The smallest absolute Gasteiger partial charge is 0.321 e. The molecule has 7 heteroatoms. The van der Waals surface area contributed by atoms with Gasteiger partial charge in [-0.15, -0.1) is 0 Å². The lowest BCUT2D eigenvalue weighted by atomic mass is 10.7. The molecule has 0 saturated heterocycles. The summed E-state index contributed by atoms with van der Waals surface area (Å²) >= 11 is 15.4. The van der Waals surface area contributed by atoms with Crippen molar-refractivity contribution in [2.45, 2.75) is 3.79 Å². The predicted molar refractivity (Wildman–Crippen MR) is 41.5 cm³/mol. The summed E-state index contributed by atoms with van der Waals surface area (Å²) in [5, 5.41) is 0. The largest absolute Gasteiger partial charge is 0.348 e. The minimum Gasteiger partial charge on any atom is -0.321 e. The number of allylic oxidation sites excluding steroid dienone is 1. The molecule has 0 fully saturated rings. The van der Waals surface area contributed by atoms with Crippen molar-refractivity contribution in [2.75, 3.05) is 0 Å². The maximum absolute atomic E-state index is 10.1. The maximum Gasteiger partial charge on any atom is 0.348 e. The molecule has 0 radical (unpaired) electrons. The lowest BCUT2D eigenvalue weighted by Crippen LogP contribution is -1.93. The van der Waals surface area contributed by atoms with Crippen molar-refractivity contribution in [3.05, 3.63) is 11.9 Å². The molecule has 0 atom stereocenters. The van der Waals surface area contributed by atoms with Crippen LogP contribution >= 0.6 is 42.4 Å². The average molecular weight is 225 g/mol. The minimum atomic E-state index is -4.20. The molecule has 10 heavy (non-hydrogen) atoms. The first-order valence-electron chi connectivity index (χ1n) is 2.03. The number of halogens is 3. The van der Waals surface area contributed by atoms with Crippen LogP contribution in [0.3, 0.4) is 0 Å². The van der Waals surface area contributed by atoms with Gasteiger partial charge in [0, 0.05) is 5.82 Å². The molecule has 0 aliphatic carbocycles. The van der Waals surface area contributed by atoms with Gasteiger partial charge in [-0.25, -0.2) is 0 Å². The molecule has 0 aromatic rings. The molecular weight excluding hydrogens is 221 g/mol. The zero-order valence-corrected chi connectivity index (χ0v) is 7.70. The number of alkyl halides is 3. The van der Waals surface area contributed by atoms with Crippen molar-refractivity contribution in [1.82, 2.24) is 0 Å². The van der Waals surface area contributed by atoms with Crippen LogP contribution in [0.5, 0.6) is 0 Å². The molecule has 0 bridgehead atoms. The van der Waals surface area contributed by atoms with Crippen molar-refractivity contribution in [1.29, 1.82) is 0 Å². The van der Waals surface area contributed by atoms with Crippen molar-refractivity contribution in [2.24, 2.45) is 0 Å². The Labute approximate surface area is 72.7 Å². The van der Waals surface area contributed by atoms with Gasteiger partial charge >= 0.3 is 7.60 Å². The van der Waals surface area contributed by atoms with E-state index in [0.717, 1.165) is 6.08 Å². The topological polar surface area (TPSA) is 57.5 Å². The van der Waals surface area contributed by atoms with Crippen LogP contribution < -0.4 is 0 Å². The van der Waals surface area contributed by atoms with Crippen molar-refractivity contribution < 1.29 is 14.4 Å². The van der Waals surface area contributed by atoms with Gasteiger partial charge in [-0.3, -0.25) is 4.57 Å². The third-order valence-electron chi connectivity index (χ3n) is 0.458. The molecule has 0 amide bonds. The standard InChI is InChI=1S/C3H4Cl3O3P/c4-3(5,6)1-2-10(7,8)9/h1-2H,(H2,7,8,9)/b2-1-. The highest BCUT2D eigenvalue weighted by atomic mass is 35.6. The van der Waals surface area contributed by atoms with Crippen LogP contribution in [0.4, 0.5) is 0 Å². The van der Waals surface area contributed by atoms with Crippen molar-refractivity contribution in [3.8, 4) is 0 Å². The minimum absolute atomic E-state index is 0.542. The van der Waals surface area contributed by atoms with Crippen molar-refractivity contribution in [3.63, 3.8) is 0 Å². The normalized spacial score (nSPS) is 14.5. The Morgan fingerprint density at radius 1 is 1.30 bits per heavy atom. The second-order valence-electron chi connectivity index (χ2n) is 1.45. The highest BCUT2D eigenvalue weighted by Gasteiger charge is 2.17. The summed E-state index contributed by atoms with van der Waals surface area (Å²) in [5.41, 5.74) is 0. The van der Waals surface area contributed by atoms with Gasteiger partial charge in [0.2, 0.25) is 3.79 Å². The Balaban J connectivity index is 4.16. The monoisotopic (exact) mass is 224 g/mol. The highest BCUT2D eigenvalue weighted by molar-refractivity contribution is 7.55. The zero-order valence-electron chi connectivity index (χ0n) is 4.54. The van der Waals surface area contributed by atoms with E-state index in [0.29, 0.717) is 5.82 Å². The first-order valence-corrected chi connectivity index (χ1v) is 4.85. The quantitative estimate of drug-likeness (QED) is 0.530. The molecule has 3 nitrogen and oxygen atoms in total. The van der Waals surface area contributed by atoms with Gasteiger partial charge in [-0.1, -0.05) is 34.8 Å². The lowest BCUT2D eigenvalue weighted by Gasteiger charge is -2.02. The molecule has 0 saturated carbocycles. The lowest BCUT2D eigenvalue weighted by molar-refractivity contribution is 0.386. The summed E-state index contributed by atoms with van der Waals surface area (Å²) in [6, 6.07) is 0. The summed E-state index contributed by atoms with van der Waals surface area (Å²) in [5.74, 6) is 0.542. The Bertz CT molecular complexity index is 178. The third kappa shape index (κ3) is 8.76. The summed E-state index contributed by atoms with van der Waals surface area (Å²) in [7, 11) is -4.20. The second-order valence-corrected chi connectivity index (χ2v) is 5.29. The van der Waals surface area contributed by atoms with Crippen LogP contribution in [0.2, 0.25) is 0 Å².